The predicted molar refractivity (Wildman–Crippen MR) is 281 cm³/mol. The van der Waals surface area contributed by atoms with Gasteiger partial charge < -0.3 is 13.7 Å². The van der Waals surface area contributed by atoms with Crippen LogP contribution in [-0.2, 0) is 10.8 Å². The zero-order chi connectivity index (χ0) is 45.5. The molecule has 0 saturated heterocycles. The van der Waals surface area contributed by atoms with Gasteiger partial charge in [-0.15, -0.1) is 0 Å². The first kappa shape index (κ1) is 39.3. The standard InChI is InChI=1S/C66H43NO2/c1-5-15-48(16-6-1)65(49-17-7-2-8-18-49)59-24-14-13-23-55(59)57-42-53(27-31-61(57)65)67(52-29-34-64-47(40-52)36-38-69-64)54-28-32-62-58(43-54)56-41-45(44-26-33-63-46(39-44)35-37-68-63)25-30-60(56)66(62,50-19-9-3-10-20-50)51-21-11-4-12-22-51/h1-43H. The van der Waals surface area contributed by atoms with Gasteiger partial charge in [-0.25, -0.2) is 0 Å². The lowest BCUT2D eigenvalue weighted by Gasteiger charge is -2.34. The lowest BCUT2D eigenvalue weighted by atomic mass is 9.67. The van der Waals surface area contributed by atoms with E-state index in [1.165, 1.54) is 66.8 Å². The summed E-state index contributed by atoms with van der Waals surface area (Å²) in [5.74, 6) is 0. The minimum absolute atomic E-state index is 0.497. The second-order valence-electron chi connectivity index (χ2n) is 18.4. The maximum Gasteiger partial charge on any atom is 0.133 e. The molecule has 0 spiro atoms. The summed E-state index contributed by atoms with van der Waals surface area (Å²) < 4.78 is 11.7. The summed E-state index contributed by atoms with van der Waals surface area (Å²) in [4.78, 5) is 2.43. The molecular weight excluding hydrogens is 839 g/mol. The van der Waals surface area contributed by atoms with Gasteiger partial charge in [0.15, 0.2) is 0 Å². The molecule has 0 radical (unpaired) electrons. The van der Waals surface area contributed by atoms with Crippen LogP contribution < -0.4 is 4.90 Å². The Balaban J connectivity index is 1.02. The van der Waals surface area contributed by atoms with Gasteiger partial charge in [0.05, 0.1) is 23.4 Å². The zero-order valence-electron chi connectivity index (χ0n) is 37.6. The molecule has 12 aromatic rings. The Morgan fingerprint density at radius 2 is 0.652 bits per heavy atom. The molecule has 3 heteroatoms. The molecule has 0 unspecified atom stereocenters. The third kappa shape index (κ3) is 5.74. The minimum atomic E-state index is -0.561. The van der Waals surface area contributed by atoms with Crippen LogP contribution in [-0.4, -0.2) is 0 Å². The molecule has 69 heavy (non-hydrogen) atoms. The molecule has 2 aliphatic carbocycles. The Morgan fingerprint density at radius 1 is 0.275 bits per heavy atom. The van der Waals surface area contributed by atoms with Gasteiger partial charge in [0.1, 0.15) is 11.2 Å². The Labute approximate surface area is 400 Å². The first-order chi connectivity index (χ1) is 34.2. The van der Waals surface area contributed by atoms with Crippen molar-refractivity contribution >= 4 is 39.0 Å². The smallest absolute Gasteiger partial charge is 0.133 e. The van der Waals surface area contributed by atoms with E-state index < -0.39 is 10.8 Å². The van der Waals surface area contributed by atoms with E-state index in [0.717, 1.165) is 50.1 Å². The summed E-state index contributed by atoms with van der Waals surface area (Å²) in [6.07, 6.45) is 3.54. The highest BCUT2D eigenvalue weighted by atomic mass is 16.3. The monoisotopic (exact) mass is 881 g/mol. The normalized spacial score (nSPS) is 13.7. The van der Waals surface area contributed by atoms with E-state index in [-0.39, 0.29) is 0 Å². The molecule has 324 valence electrons. The third-order valence-electron chi connectivity index (χ3n) is 15.0. The predicted octanol–water partition coefficient (Wildman–Crippen LogP) is 17.0. The van der Waals surface area contributed by atoms with Gasteiger partial charge in [0.25, 0.3) is 0 Å². The highest BCUT2D eigenvalue weighted by Gasteiger charge is 2.48. The van der Waals surface area contributed by atoms with Crippen LogP contribution in [0.3, 0.4) is 0 Å². The topological polar surface area (TPSA) is 29.5 Å². The second kappa shape index (κ2) is 15.3. The molecule has 2 aromatic heterocycles. The van der Waals surface area contributed by atoms with Gasteiger partial charge in [-0.1, -0.05) is 176 Å². The van der Waals surface area contributed by atoms with Gasteiger partial charge in [0, 0.05) is 27.8 Å². The maximum absolute atomic E-state index is 5.92. The Morgan fingerprint density at radius 3 is 1.20 bits per heavy atom. The lowest BCUT2D eigenvalue weighted by Crippen LogP contribution is -2.28. The number of rotatable bonds is 8. The second-order valence-corrected chi connectivity index (χ2v) is 18.4. The van der Waals surface area contributed by atoms with Crippen molar-refractivity contribution in [3.63, 3.8) is 0 Å². The highest BCUT2D eigenvalue weighted by molar-refractivity contribution is 5.96. The zero-order valence-corrected chi connectivity index (χ0v) is 37.6. The van der Waals surface area contributed by atoms with E-state index >= 15 is 0 Å². The lowest BCUT2D eigenvalue weighted by molar-refractivity contribution is 0.615. The van der Waals surface area contributed by atoms with Crippen LogP contribution in [0.25, 0.3) is 55.3 Å². The Kier molecular flexibility index (Phi) is 8.71. The van der Waals surface area contributed by atoms with Gasteiger partial charge >= 0.3 is 0 Å². The quantitative estimate of drug-likeness (QED) is 0.152. The van der Waals surface area contributed by atoms with E-state index in [9.17, 15) is 0 Å². The Hall–Kier alpha value is -8.92. The molecule has 0 amide bonds. The van der Waals surface area contributed by atoms with E-state index in [2.05, 4.69) is 248 Å². The largest absolute Gasteiger partial charge is 0.464 e. The van der Waals surface area contributed by atoms with Gasteiger partial charge in [0.2, 0.25) is 0 Å². The van der Waals surface area contributed by atoms with Crippen molar-refractivity contribution < 1.29 is 8.83 Å². The summed E-state index contributed by atoms with van der Waals surface area (Å²) in [5.41, 5.74) is 21.1. The van der Waals surface area contributed by atoms with Crippen molar-refractivity contribution in [3.05, 3.63) is 306 Å². The fourth-order valence-electron chi connectivity index (χ4n) is 12.1. The Bertz CT molecular complexity index is 3830. The summed E-state index contributed by atoms with van der Waals surface area (Å²) in [7, 11) is 0. The molecule has 0 fully saturated rings. The van der Waals surface area contributed by atoms with E-state index in [4.69, 9.17) is 8.83 Å². The van der Waals surface area contributed by atoms with E-state index in [1.54, 1.807) is 12.5 Å². The molecule has 10 aromatic carbocycles. The van der Waals surface area contributed by atoms with Crippen LogP contribution in [0, 0.1) is 0 Å². The van der Waals surface area contributed by atoms with E-state index in [0.29, 0.717) is 0 Å². The van der Waals surface area contributed by atoms with Crippen LogP contribution >= 0.6 is 0 Å². The van der Waals surface area contributed by atoms with Gasteiger partial charge in [-0.3, -0.25) is 0 Å². The van der Waals surface area contributed by atoms with Crippen molar-refractivity contribution in [1.29, 1.82) is 0 Å². The number of benzene rings is 10. The minimum Gasteiger partial charge on any atom is -0.464 e. The average Bonchev–Trinajstić information content (AvgIpc) is 4.22. The number of furan rings is 2. The molecule has 0 atom stereocenters. The summed E-state index contributed by atoms with van der Waals surface area (Å²) in [6.45, 7) is 0. The molecular formula is C66H43NO2. The summed E-state index contributed by atoms with van der Waals surface area (Å²) in [6, 6.07) is 91.6. The first-order valence-corrected chi connectivity index (χ1v) is 23.7. The summed E-state index contributed by atoms with van der Waals surface area (Å²) in [5, 5.41) is 2.14. The molecule has 0 aliphatic heterocycles. The molecule has 0 N–H and O–H groups in total. The number of anilines is 3. The van der Waals surface area contributed by atoms with Crippen LogP contribution in [0.1, 0.15) is 44.5 Å². The van der Waals surface area contributed by atoms with Crippen LogP contribution in [0.4, 0.5) is 17.1 Å². The van der Waals surface area contributed by atoms with Gasteiger partial charge in [-0.05, 0) is 151 Å². The number of nitrogens with zero attached hydrogens (tertiary/aromatic N) is 1. The fourth-order valence-corrected chi connectivity index (χ4v) is 12.1. The molecule has 0 saturated carbocycles. The SMILES string of the molecule is c1ccc(C2(c3ccccc3)c3ccccc3-c3cc(N(c4ccc5c(c4)-c4cc(-c6ccc7occc7c6)ccc4C5(c4ccccc4)c4ccccc4)c4ccc5occc5c4)ccc32)cc1. The molecule has 2 heterocycles. The van der Waals surface area contributed by atoms with Gasteiger partial charge in [-0.2, -0.15) is 0 Å². The summed E-state index contributed by atoms with van der Waals surface area (Å²) >= 11 is 0. The molecule has 14 rings (SSSR count). The van der Waals surface area contributed by atoms with E-state index in [1.807, 2.05) is 6.07 Å². The first-order valence-electron chi connectivity index (χ1n) is 23.7. The molecule has 2 aliphatic rings. The van der Waals surface area contributed by atoms with Crippen molar-refractivity contribution in [1.82, 2.24) is 0 Å². The average molecular weight is 882 g/mol. The van der Waals surface area contributed by atoms with Crippen molar-refractivity contribution in [3.8, 4) is 33.4 Å². The third-order valence-corrected chi connectivity index (χ3v) is 15.0. The fraction of sp³-hybridized carbons (Fsp3) is 0.0303. The maximum atomic E-state index is 5.92. The molecule has 3 nitrogen and oxygen atoms in total. The van der Waals surface area contributed by atoms with Crippen molar-refractivity contribution in [2.24, 2.45) is 0 Å². The molecule has 0 bridgehead atoms. The van der Waals surface area contributed by atoms with Crippen LogP contribution in [0.5, 0.6) is 0 Å². The number of hydrogen-bond acceptors (Lipinski definition) is 3. The number of fused-ring (bicyclic) bond motifs is 8. The number of hydrogen-bond donors (Lipinski definition) is 0. The van der Waals surface area contributed by atoms with Crippen molar-refractivity contribution in [2.45, 2.75) is 10.8 Å². The van der Waals surface area contributed by atoms with Crippen LogP contribution in [0.2, 0.25) is 0 Å². The van der Waals surface area contributed by atoms with Crippen LogP contribution in [0.15, 0.2) is 270 Å². The highest BCUT2D eigenvalue weighted by Crippen LogP contribution is 2.60. The van der Waals surface area contributed by atoms with Crippen molar-refractivity contribution in [2.75, 3.05) is 4.90 Å².